The van der Waals surface area contributed by atoms with Crippen LogP contribution >= 0.6 is 0 Å². The van der Waals surface area contributed by atoms with Crippen molar-refractivity contribution < 1.29 is 19.1 Å². The second-order valence-electron chi connectivity index (χ2n) is 7.23. The molecule has 1 N–H and O–H groups in total. The van der Waals surface area contributed by atoms with E-state index in [1.807, 2.05) is 60.7 Å². The number of amides is 2. The largest absolute Gasteiger partial charge is 0.454 e. The van der Waals surface area contributed by atoms with Gasteiger partial charge in [-0.25, -0.2) is 0 Å². The number of carbonyl (C=O) groups excluding carboxylic acids is 2. The maximum Gasteiger partial charge on any atom is 0.239 e. The van der Waals surface area contributed by atoms with Crippen molar-refractivity contribution in [3.63, 3.8) is 0 Å². The fourth-order valence-corrected chi connectivity index (χ4v) is 3.97. The molecule has 0 bridgehead atoms. The minimum absolute atomic E-state index is 0.149. The SMILES string of the molecule is O=C(NCc1ccc2c(c1)OCO2)C1CCN(c2cccc3ccccc23)C1=O. The normalized spacial score (nSPS) is 17.7. The van der Waals surface area contributed by atoms with E-state index in [1.54, 1.807) is 4.90 Å². The number of rotatable bonds is 4. The number of hydrogen-bond donors (Lipinski definition) is 1. The van der Waals surface area contributed by atoms with Crippen LogP contribution in [0, 0.1) is 5.92 Å². The number of carbonyl (C=O) groups is 2. The van der Waals surface area contributed by atoms with Gasteiger partial charge in [0, 0.05) is 18.5 Å². The van der Waals surface area contributed by atoms with Crippen molar-refractivity contribution in [1.29, 1.82) is 0 Å². The summed E-state index contributed by atoms with van der Waals surface area (Å²) in [5.41, 5.74) is 1.76. The Kier molecular flexibility index (Phi) is 4.31. The highest BCUT2D eigenvalue weighted by Gasteiger charge is 2.38. The molecule has 2 heterocycles. The fraction of sp³-hybridized carbons (Fsp3) is 0.217. The predicted octanol–water partition coefficient (Wildman–Crippen LogP) is 3.24. The zero-order valence-electron chi connectivity index (χ0n) is 15.8. The molecular weight excluding hydrogens is 368 g/mol. The van der Waals surface area contributed by atoms with E-state index in [4.69, 9.17) is 9.47 Å². The summed E-state index contributed by atoms with van der Waals surface area (Å²) in [4.78, 5) is 27.4. The van der Waals surface area contributed by atoms with Crippen LogP contribution in [0.4, 0.5) is 5.69 Å². The molecule has 1 atom stereocenters. The summed E-state index contributed by atoms with van der Waals surface area (Å²) in [6.07, 6.45) is 0.509. The molecule has 0 aromatic heterocycles. The first-order chi connectivity index (χ1) is 14.2. The van der Waals surface area contributed by atoms with Gasteiger partial charge in [-0.05, 0) is 35.6 Å². The molecule has 1 saturated heterocycles. The molecule has 6 nitrogen and oxygen atoms in total. The van der Waals surface area contributed by atoms with Gasteiger partial charge in [0.25, 0.3) is 0 Å². The van der Waals surface area contributed by atoms with Crippen molar-refractivity contribution in [3.8, 4) is 11.5 Å². The highest BCUT2D eigenvalue weighted by atomic mass is 16.7. The van der Waals surface area contributed by atoms with Crippen LogP contribution in [0.3, 0.4) is 0 Å². The van der Waals surface area contributed by atoms with Crippen LogP contribution in [-0.2, 0) is 16.1 Å². The van der Waals surface area contributed by atoms with Gasteiger partial charge in [0.1, 0.15) is 5.92 Å². The molecule has 1 fully saturated rings. The average molecular weight is 388 g/mol. The quantitative estimate of drug-likeness (QED) is 0.697. The van der Waals surface area contributed by atoms with E-state index in [-0.39, 0.29) is 18.6 Å². The summed E-state index contributed by atoms with van der Waals surface area (Å²) in [6, 6.07) is 19.4. The molecule has 0 aliphatic carbocycles. The van der Waals surface area contributed by atoms with Gasteiger partial charge in [0.05, 0.1) is 5.69 Å². The lowest BCUT2D eigenvalue weighted by Gasteiger charge is -2.19. The summed E-state index contributed by atoms with van der Waals surface area (Å²) in [5, 5.41) is 4.98. The highest BCUT2D eigenvalue weighted by molar-refractivity contribution is 6.12. The third-order valence-electron chi connectivity index (χ3n) is 5.48. The minimum Gasteiger partial charge on any atom is -0.454 e. The summed E-state index contributed by atoms with van der Waals surface area (Å²) in [7, 11) is 0. The second-order valence-corrected chi connectivity index (χ2v) is 7.23. The molecule has 0 spiro atoms. The van der Waals surface area contributed by atoms with Gasteiger partial charge >= 0.3 is 0 Å². The highest BCUT2D eigenvalue weighted by Crippen LogP contribution is 2.33. The molecule has 0 radical (unpaired) electrons. The van der Waals surface area contributed by atoms with Crippen LogP contribution in [0.2, 0.25) is 0 Å². The Bertz CT molecular complexity index is 1110. The van der Waals surface area contributed by atoms with E-state index in [1.165, 1.54) is 0 Å². The Balaban J connectivity index is 1.29. The lowest BCUT2D eigenvalue weighted by atomic mass is 10.1. The molecule has 6 heteroatoms. The minimum atomic E-state index is -0.664. The van der Waals surface area contributed by atoms with Crippen molar-refractivity contribution in [1.82, 2.24) is 5.32 Å². The number of benzene rings is 3. The van der Waals surface area contributed by atoms with Crippen LogP contribution < -0.4 is 19.7 Å². The molecule has 146 valence electrons. The Hall–Kier alpha value is -3.54. The summed E-state index contributed by atoms with van der Waals surface area (Å²) in [5.74, 6) is 0.329. The van der Waals surface area contributed by atoms with E-state index in [0.717, 1.165) is 22.0 Å². The smallest absolute Gasteiger partial charge is 0.239 e. The van der Waals surface area contributed by atoms with Crippen LogP contribution in [-0.4, -0.2) is 25.2 Å². The average Bonchev–Trinajstić information content (AvgIpc) is 3.37. The third kappa shape index (κ3) is 3.16. The first-order valence-electron chi connectivity index (χ1n) is 9.66. The van der Waals surface area contributed by atoms with E-state index in [9.17, 15) is 9.59 Å². The van der Waals surface area contributed by atoms with Crippen molar-refractivity contribution in [2.45, 2.75) is 13.0 Å². The molecular formula is C23H20N2O4. The third-order valence-corrected chi connectivity index (χ3v) is 5.48. The van der Waals surface area contributed by atoms with Gasteiger partial charge in [-0.15, -0.1) is 0 Å². The summed E-state index contributed by atoms with van der Waals surface area (Å²) in [6.45, 7) is 1.09. The van der Waals surface area contributed by atoms with Gasteiger partial charge in [0.2, 0.25) is 18.6 Å². The standard InChI is InChI=1S/C23H20N2O4/c26-22(24-13-15-8-9-20-21(12-15)29-14-28-20)18-10-11-25(23(18)27)19-7-3-5-16-4-1-2-6-17(16)19/h1-9,12,18H,10-11,13-14H2,(H,24,26). The molecule has 2 aliphatic heterocycles. The van der Waals surface area contributed by atoms with Crippen molar-refractivity contribution >= 4 is 28.3 Å². The van der Waals surface area contributed by atoms with Gasteiger partial charge in [-0.2, -0.15) is 0 Å². The van der Waals surface area contributed by atoms with E-state index in [2.05, 4.69) is 5.32 Å². The van der Waals surface area contributed by atoms with Crippen LogP contribution in [0.25, 0.3) is 10.8 Å². The molecule has 2 amide bonds. The van der Waals surface area contributed by atoms with E-state index < -0.39 is 5.92 Å². The number of ether oxygens (including phenoxy) is 2. The maximum atomic E-state index is 13.0. The zero-order chi connectivity index (χ0) is 19.8. The van der Waals surface area contributed by atoms with Crippen LogP contribution in [0.15, 0.2) is 60.7 Å². The first kappa shape index (κ1) is 17.6. The number of nitrogens with zero attached hydrogens (tertiary/aromatic N) is 1. The molecule has 0 saturated carbocycles. The van der Waals surface area contributed by atoms with Crippen molar-refractivity contribution in [2.24, 2.45) is 5.92 Å². The number of nitrogens with one attached hydrogen (secondary N) is 1. The number of hydrogen-bond acceptors (Lipinski definition) is 4. The second kappa shape index (κ2) is 7.13. The predicted molar refractivity (Wildman–Crippen MR) is 109 cm³/mol. The van der Waals surface area contributed by atoms with Gasteiger partial charge < -0.3 is 19.7 Å². The van der Waals surface area contributed by atoms with Crippen molar-refractivity contribution in [2.75, 3.05) is 18.2 Å². The van der Waals surface area contributed by atoms with E-state index in [0.29, 0.717) is 31.0 Å². The van der Waals surface area contributed by atoms with Gasteiger partial charge in [-0.1, -0.05) is 42.5 Å². The maximum absolute atomic E-state index is 13.0. The van der Waals surface area contributed by atoms with Gasteiger partial charge in [0.15, 0.2) is 11.5 Å². The number of anilines is 1. The molecule has 2 aliphatic rings. The topological polar surface area (TPSA) is 67.9 Å². The Morgan fingerprint density at radius 1 is 1.03 bits per heavy atom. The molecule has 5 rings (SSSR count). The monoisotopic (exact) mass is 388 g/mol. The Morgan fingerprint density at radius 2 is 1.86 bits per heavy atom. The first-order valence-corrected chi connectivity index (χ1v) is 9.66. The fourth-order valence-electron chi connectivity index (χ4n) is 3.97. The van der Waals surface area contributed by atoms with E-state index >= 15 is 0 Å². The molecule has 3 aromatic rings. The van der Waals surface area contributed by atoms with Crippen molar-refractivity contribution in [3.05, 3.63) is 66.2 Å². The molecule has 29 heavy (non-hydrogen) atoms. The summed E-state index contributed by atoms with van der Waals surface area (Å²) < 4.78 is 10.7. The Morgan fingerprint density at radius 3 is 2.79 bits per heavy atom. The lowest BCUT2D eigenvalue weighted by molar-refractivity contribution is -0.132. The van der Waals surface area contributed by atoms with Crippen LogP contribution in [0.5, 0.6) is 11.5 Å². The molecule has 3 aromatic carbocycles. The number of fused-ring (bicyclic) bond motifs is 2. The lowest BCUT2D eigenvalue weighted by Crippen LogP contribution is -2.36. The summed E-state index contributed by atoms with van der Waals surface area (Å²) >= 11 is 0. The van der Waals surface area contributed by atoms with Crippen LogP contribution in [0.1, 0.15) is 12.0 Å². The van der Waals surface area contributed by atoms with Gasteiger partial charge in [-0.3, -0.25) is 9.59 Å². The Labute approximate surface area is 168 Å². The molecule has 1 unspecified atom stereocenters. The zero-order valence-corrected chi connectivity index (χ0v) is 15.8.